The highest BCUT2D eigenvalue weighted by atomic mass is 16.3. The third-order valence-corrected chi connectivity index (χ3v) is 3.65. The molecule has 1 saturated heterocycles. The van der Waals surface area contributed by atoms with Gasteiger partial charge in [-0.25, -0.2) is 9.50 Å². The van der Waals surface area contributed by atoms with Gasteiger partial charge in [-0.3, -0.25) is 0 Å². The summed E-state index contributed by atoms with van der Waals surface area (Å²) in [6.07, 6.45) is 3.96. The Hall–Kier alpha value is -1.62. The van der Waals surface area contributed by atoms with Crippen molar-refractivity contribution in [1.82, 2.24) is 19.5 Å². The molecule has 1 atom stereocenters. The Bertz CT molecular complexity index is 551. The normalized spacial score (nSPS) is 21.5. The van der Waals surface area contributed by atoms with Gasteiger partial charge in [0.15, 0.2) is 11.5 Å². The van der Waals surface area contributed by atoms with E-state index in [0.717, 1.165) is 31.0 Å². The maximum atomic E-state index is 9.43. The van der Waals surface area contributed by atoms with Gasteiger partial charge in [0.1, 0.15) is 5.75 Å². The molecule has 3 rings (SSSR count). The van der Waals surface area contributed by atoms with E-state index < -0.39 is 0 Å². The summed E-state index contributed by atoms with van der Waals surface area (Å²) in [4.78, 5) is 7.00. The molecule has 0 saturated carbocycles. The number of piperidine rings is 1. The predicted octanol–water partition coefficient (Wildman–Crippen LogP) is 1.63. The average Bonchev–Trinajstić information content (AvgIpc) is 2.81. The second-order valence-electron chi connectivity index (χ2n) is 4.89. The topological polar surface area (TPSA) is 53.7 Å². The summed E-state index contributed by atoms with van der Waals surface area (Å²) < 4.78 is 1.66. The molecule has 5 nitrogen and oxygen atoms in total. The first-order valence-electron chi connectivity index (χ1n) is 6.54. The van der Waals surface area contributed by atoms with Crippen molar-refractivity contribution in [1.29, 1.82) is 0 Å². The van der Waals surface area contributed by atoms with E-state index in [2.05, 4.69) is 21.9 Å². The molecule has 0 amide bonds. The smallest absolute Gasteiger partial charge is 0.156 e. The fourth-order valence-corrected chi connectivity index (χ4v) is 2.62. The molecule has 3 heterocycles. The molecule has 1 aliphatic heterocycles. The quantitative estimate of drug-likeness (QED) is 0.875. The van der Waals surface area contributed by atoms with Crippen molar-refractivity contribution in [3.8, 4) is 5.75 Å². The molecule has 0 bridgehead atoms. The van der Waals surface area contributed by atoms with E-state index in [-0.39, 0.29) is 5.75 Å². The van der Waals surface area contributed by atoms with Crippen LogP contribution < -0.4 is 0 Å². The molecule has 0 spiro atoms. The molecule has 2 aromatic rings. The van der Waals surface area contributed by atoms with Crippen molar-refractivity contribution in [3.63, 3.8) is 0 Å². The van der Waals surface area contributed by atoms with Crippen LogP contribution in [0.4, 0.5) is 0 Å². The molecule has 0 aromatic carbocycles. The Balaban J connectivity index is 1.89. The molecule has 1 N–H and O–H groups in total. The molecule has 0 radical (unpaired) electrons. The summed E-state index contributed by atoms with van der Waals surface area (Å²) >= 11 is 0. The maximum Gasteiger partial charge on any atom is 0.156 e. The van der Waals surface area contributed by atoms with Gasteiger partial charge >= 0.3 is 0 Å². The molecule has 5 heteroatoms. The fraction of sp³-hybridized carbons (Fsp3) is 0.538. The SMILES string of the molecule is CCN1CCCC(c2nc3ccc(O)cn3n2)C1. The summed E-state index contributed by atoms with van der Waals surface area (Å²) in [6.45, 7) is 5.50. The lowest BCUT2D eigenvalue weighted by atomic mass is 9.97. The van der Waals surface area contributed by atoms with Crippen molar-refractivity contribution in [2.45, 2.75) is 25.7 Å². The van der Waals surface area contributed by atoms with Gasteiger partial charge in [0.2, 0.25) is 0 Å². The minimum atomic E-state index is 0.220. The lowest BCUT2D eigenvalue weighted by Crippen LogP contribution is -2.34. The first-order chi connectivity index (χ1) is 8.76. The Morgan fingerprint density at radius 2 is 2.33 bits per heavy atom. The number of pyridine rings is 1. The van der Waals surface area contributed by atoms with Crippen LogP contribution in [-0.4, -0.2) is 44.2 Å². The monoisotopic (exact) mass is 246 g/mol. The second kappa shape index (κ2) is 4.57. The van der Waals surface area contributed by atoms with Crippen LogP contribution in [0.25, 0.3) is 5.65 Å². The van der Waals surface area contributed by atoms with Crippen LogP contribution in [-0.2, 0) is 0 Å². The number of likely N-dealkylation sites (N-methyl/N-ethyl adjacent to an activating group) is 1. The number of likely N-dealkylation sites (tertiary alicyclic amines) is 1. The van der Waals surface area contributed by atoms with Crippen LogP contribution >= 0.6 is 0 Å². The lowest BCUT2D eigenvalue weighted by molar-refractivity contribution is 0.214. The number of nitrogens with zero attached hydrogens (tertiary/aromatic N) is 4. The largest absolute Gasteiger partial charge is 0.506 e. The van der Waals surface area contributed by atoms with Gasteiger partial charge < -0.3 is 10.0 Å². The standard InChI is InChI=1S/C13H18N4O/c1-2-16-7-3-4-10(8-16)13-14-12-6-5-11(18)9-17(12)15-13/h5-6,9-10,18H,2-4,7-8H2,1H3. The molecule has 96 valence electrons. The summed E-state index contributed by atoms with van der Waals surface area (Å²) in [6, 6.07) is 3.44. The van der Waals surface area contributed by atoms with Gasteiger partial charge in [-0.15, -0.1) is 0 Å². The Morgan fingerprint density at radius 3 is 3.17 bits per heavy atom. The molecule has 1 aliphatic rings. The molecular weight excluding hydrogens is 228 g/mol. The van der Waals surface area contributed by atoms with Crippen molar-refractivity contribution >= 4 is 5.65 Å². The van der Waals surface area contributed by atoms with E-state index in [9.17, 15) is 5.11 Å². The number of rotatable bonds is 2. The molecule has 18 heavy (non-hydrogen) atoms. The average molecular weight is 246 g/mol. The van der Waals surface area contributed by atoms with Crippen LogP contribution in [0, 0.1) is 0 Å². The number of aromatic hydroxyl groups is 1. The molecule has 1 unspecified atom stereocenters. The number of fused-ring (bicyclic) bond motifs is 1. The van der Waals surface area contributed by atoms with Crippen LogP contribution in [0.5, 0.6) is 5.75 Å². The third kappa shape index (κ3) is 2.06. The summed E-state index contributed by atoms with van der Waals surface area (Å²) in [7, 11) is 0. The Kier molecular flexibility index (Phi) is 2.91. The van der Waals surface area contributed by atoms with Crippen LogP contribution in [0.3, 0.4) is 0 Å². The lowest BCUT2D eigenvalue weighted by Gasteiger charge is -2.30. The minimum absolute atomic E-state index is 0.220. The highest BCUT2D eigenvalue weighted by molar-refractivity contribution is 5.40. The van der Waals surface area contributed by atoms with E-state index >= 15 is 0 Å². The van der Waals surface area contributed by atoms with E-state index in [1.165, 1.54) is 13.0 Å². The number of hydrogen-bond donors (Lipinski definition) is 1. The maximum absolute atomic E-state index is 9.43. The number of hydrogen-bond acceptors (Lipinski definition) is 4. The van der Waals surface area contributed by atoms with E-state index in [0.29, 0.717) is 5.92 Å². The zero-order valence-corrected chi connectivity index (χ0v) is 10.6. The summed E-state index contributed by atoms with van der Waals surface area (Å²) in [5, 5.41) is 13.9. The Morgan fingerprint density at radius 1 is 1.44 bits per heavy atom. The van der Waals surface area contributed by atoms with Crippen LogP contribution in [0.15, 0.2) is 18.3 Å². The summed E-state index contributed by atoms with van der Waals surface area (Å²) in [5.74, 6) is 1.54. The first-order valence-corrected chi connectivity index (χ1v) is 6.54. The zero-order chi connectivity index (χ0) is 12.5. The van der Waals surface area contributed by atoms with Gasteiger partial charge in [0.25, 0.3) is 0 Å². The first kappa shape index (κ1) is 11.5. The molecular formula is C13H18N4O. The van der Waals surface area contributed by atoms with Crippen molar-refractivity contribution in [2.75, 3.05) is 19.6 Å². The van der Waals surface area contributed by atoms with E-state index in [4.69, 9.17) is 0 Å². The highest BCUT2D eigenvalue weighted by Gasteiger charge is 2.23. The van der Waals surface area contributed by atoms with Crippen molar-refractivity contribution < 1.29 is 5.11 Å². The molecule has 1 fully saturated rings. The molecule has 0 aliphatic carbocycles. The van der Waals surface area contributed by atoms with Gasteiger partial charge in [-0.2, -0.15) is 5.10 Å². The van der Waals surface area contributed by atoms with Gasteiger partial charge in [0.05, 0.1) is 6.20 Å². The van der Waals surface area contributed by atoms with Crippen molar-refractivity contribution in [2.24, 2.45) is 0 Å². The van der Waals surface area contributed by atoms with Gasteiger partial charge in [-0.1, -0.05) is 6.92 Å². The second-order valence-corrected chi connectivity index (χ2v) is 4.89. The van der Waals surface area contributed by atoms with E-state index in [1.807, 2.05) is 0 Å². The Labute approximate surface area is 106 Å². The summed E-state index contributed by atoms with van der Waals surface area (Å²) in [5.41, 5.74) is 0.802. The van der Waals surface area contributed by atoms with E-state index in [1.54, 1.807) is 22.8 Å². The van der Waals surface area contributed by atoms with Crippen molar-refractivity contribution in [3.05, 3.63) is 24.2 Å². The molecule has 2 aromatic heterocycles. The predicted molar refractivity (Wildman–Crippen MR) is 68.7 cm³/mol. The van der Waals surface area contributed by atoms with Gasteiger partial charge in [0, 0.05) is 12.5 Å². The third-order valence-electron chi connectivity index (χ3n) is 3.65. The van der Waals surface area contributed by atoms with Crippen LogP contribution in [0.2, 0.25) is 0 Å². The van der Waals surface area contributed by atoms with Gasteiger partial charge in [-0.05, 0) is 38.1 Å². The number of aromatic nitrogens is 3. The van der Waals surface area contributed by atoms with Crippen LogP contribution in [0.1, 0.15) is 31.5 Å². The minimum Gasteiger partial charge on any atom is -0.506 e. The fourth-order valence-electron chi connectivity index (χ4n) is 2.62. The highest BCUT2D eigenvalue weighted by Crippen LogP contribution is 2.25. The zero-order valence-electron chi connectivity index (χ0n) is 10.6.